The molecule has 0 amide bonds. The number of thiazole rings is 1. The zero-order valence-corrected chi connectivity index (χ0v) is 22.9. The number of rotatable bonds is 11. The van der Waals surface area contributed by atoms with Crippen molar-refractivity contribution in [3.8, 4) is 22.8 Å². The molecule has 0 aliphatic carbocycles. The second-order valence-electron chi connectivity index (χ2n) is 9.75. The standard InChI is InChI=1S/C30H31F3N2O3S/c1-29(2,20-36)38-24-14-10-21(11-15-24)16-17-35(18-22-8-12-23(13-9-22)30(31,32)33)28-34-26(19-39-28)25-6-4-5-7-27(25)37-3/h4-15,19,36H,16-18,20H2,1-3H3. The maximum Gasteiger partial charge on any atom is 0.416 e. The molecule has 3 aromatic carbocycles. The van der Waals surface area contributed by atoms with E-state index in [0.717, 1.165) is 45.4 Å². The monoisotopic (exact) mass is 556 g/mol. The summed E-state index contributed by atoms with van der Waals surface area (Å²) in [6.07, 6.45) is -3.69. The van der Waals surface area contributed by atoms with Gasteiger partial charge >= 0.3 is 6.18 Å². The van der Waals surface area contributed by atoms with Gasteiger partial charge in [0, 0.05) is 24.0 Å². The third-order valence-electron chi connectivity index (χ3n) is 6.17. The van der Waals surface area contributed by atoms with Crippen molar-refractivity contribution in [3.63, 3.8) is 0 Å². The lowest BCUT2D eigenvalue weighted by Gasteiger charge is -2.24. The molecule has 9 heteroatoms. The smallest absolute Gasteiger partial charge is 0.416 e. The van der Waals surface area contributed by atoms with Crippen molar-refractivity contribution < 1.29 is 27.8 Å². The summed E-state index contributed by atoms with van der Waals surface area (Å²) in [5.41, 5.74) is 2.13. The maximum absolute atomic E-state index is 13.1. The van der Waals surface area contributed by atoms with Gasteiger partial charge in [-0.1, -0.05) is 36.4 Å². The average Bonchev–Trinajstić information content (AvgIpc) is 3.41. The van der Waals surface area contributed by atoms with Crippen LogP contribution in [0.3, 0.4) is 0 Å². The second-order valence-corrected chi connectivity index (χ2v) is 10.6. The molecule has 0 fully saturated rings. The molecule has 0 bridgehead atoms. The van der Waals surface area contributed by atoms with E-state index in [2.05, 4.69) is 4.90 Å². The van der Waals surface area contributed by atoms with E-state index in [-0.39, 0.29) is 6.61 Å². The second kappa shape index (κ2) is 12.1. The lowest BCUT2D eigenvalue weighted by atomic mass is 10.1. The topological polar surface area (TPSA) is 54.8 Å². The molecule has 0 saturated heterocycles. The summed E-state index contributed by atoms with van der Waals surface area (Å²) in [5, 5.41) is 12.2. The molecule has 1 aromatic heterocycles. The van der Waals surface area contributed by atoms with Gasteiger partial charge in [0.2, 0.25) is 0 Å². The Bertz CT molecular complexity index is 1350. The van der Waals surface area contributed by atoms with Crippen LogP contribution in [0, 0.1) is 0 Å². The highest BCUT2D eigenvalue weighted by molar-refractivity contribution is 7.14. The van der Waals surface area contributed by atoms with Crippen molar-refractivity contribution in [2.24, 2.45) is 0 Å². The minimum Gasteiger partial charge on any atom is -0.496 e. The molecular weight excluding hydrogens is 525 g/mol. The summed E-state index contributed by atoms with van der Waals surface area (Å²) in [6.45, 7) is 4.53. The first-order valence-electron chi connectivity index (χ1n) is 12.5. The highest BCUT2D eigenvalue weighted by Crippen LogP contribution is 2.34. The van der Waals surface area contributed by atoms with Crippen LogP contribution in [0.4, 0.5) is 18.3 Å². The molecule has 0 saturated carbocycles. The average molecular weight is 557 g/mol. The number of anilines is 1. The number of hydrogen-bond donors (Lipinski definition) is 1. The first-order valence-corrected chi connectivity index (χ1v) is 13.3. The zero-order valence-electron chi connectivity index (χ0n) is 22.0. The van der Waals surface area contributed by atoms with E-state index >= 15 is 0 Å². The van der Waals surface area contributed by atoms with Crippen molar-refractivity contribution >= 4 is 16.5 Å². The van der Waals surface area contributed by atoms with E-state index in [1.54, 1.807) is 7.11 Å². The number of halogens is 3. The van der Waals surface area contributed by atoms with Crippen LogP contribution in [0.15, 0.2) is 78.2 Å². The number of hydrogen-bond acceptors (Lipinski definition) is 6. The Morgan fingerprint density at radius 2 is 1.59 bits per heavy atom. The molecule has 1 heterocycles. The number of alkyl halides is 3. The lowest BCUT2D eigenvalue weighted by Crippen LogP contribution is -2.32. The summed E-state index contributed by atoms with van der Waals surface area (Å²) < 4.78 is 50.5. The number of methoxy groups -OCH3 is 1. The van der Waals surface area contributed by atoms with Crippen LogP contribution in [-0.4, -0.2) is 36.0 Å². The third kappa shape index (κ3) is 7.52. The molecule has 39 heavy (non-hydrogen) atoms. The first-order chi connectivity index (χ1) is 18.6. The maximum atomic E-state index is 13.1. The Morgan fingerprint density at radius 1 is 0.923 bits per heavy atom. The predicted octanol–water partition coefficient (Wildman–Crippen LogP) is 7.24. The molecule has 0 aliphatic rings. The van der Waals surface area contributed by atoms with Gasteiger partial charge in [0.1, 0.15) is 17.1 Å². The molecule has 0 atom stereocenters. The fraction of sp³-hybridized carbons (Fsp3) is 0.300. The fourth-order valence-corrected chi connectivity index (χ4v) is 4.84. The molecule has 1 N–H and O–H groups in total. The number of aromatic nitrogens is 1. The fourth-order valence-electron chi connectivity index (χ4n) is 3.99. The molecule has 0 spiro atoms. The van der Waals surface area contributed by atoms with Crippen LogP contribution in [-0.2, 0) is 19.1 Å². The Hall–Kier alpha value is -3.56. The minimum atomic E-state index is -4.38. The summed E-state index contributed by atoms with van der Waals surface area (Å²) in [7, 11) is 1.62. The summed E-state index contributed by atoms with van der Waals surface area (Å²) in [6, 6.07) is 20.6. The third-order valence-corrected chi connectivity index (χ3v) is 7.07. The van der Waals surface area contributed by atoms with Gasteiger partial charge in [-0.25, -0.2) is 4.98 Å². The molecule has 0 aliphatic heterocycles. The van der Waals surface area contributed by atoms with Gasteiger partial charge < -0.3 is 19.5 Å². The van der Waals surface area contributed by atoms with Gasteiger partial charge in [-0.3, -0.25) is 0 Å². The lowest BCUT2D eigenvalue weighted by molar-refractivity contribution is -0.137. The number of aliphatic hydroxyl groups is 1. The van der Waals surface area contributed by atoms with Gasteiger partial charge in [-0.05, 0) is 67.8 Å². The molecule has 0 unspecified atom stereocenters. The number of para-hydroxylation sites is 1. The van der Waals surface area contributed by atoms with Crippen molar-refractivity contribution in [2.75, 3.05) is 25.2 Å². The molecule has 206 valence electrons. The van der Waals surface area contributed by atoms with Gasteiger partial charge in [-0.2, -0.15) is 13.2 Å². The Kier molecular flexibility index (Phi) is 8.82. The van der Waals surface area contributed by atoms with Crippen molar-refractivity contribution in [3.05, 3.63) is 94.9 Å². The Labute approximate surface area is 230 Å². The van der Waals surface area contributed by atoms with E-state index in [4.69, 9.17) is 14.5 Å². The normalized spacial score (nSPS) is 11.9. The van der Waals surface area contributed by atoms with Gasteiger partial charge in [0.25, 0.3) is 0 Å². The highest BCUT2D eigenvalue weighted by Gasteiger charge is 2.30. The number of nitrogens with zero attached hydrogens (tertiary/aromatic N) is 2. The van der Waals surface area contributed by atoms with Crippen LogP contribution in [0.1, 0.15) is 30.5 Å². The largest absolute Gasteiger partial charge is 0.496 e. The van der Waals surface area contributed by atoms with Crippen molar-refractivity contribution in [1.82, 2.24) is 4.98 Å². The van der Waals surface area contributed by atoms with E-state index in [0.29, 0.717) is 25.3 Å². The predicted molar refractivity (Wildman–Crippen MR) is 149 cm³/mol. The van der Waals surface area contributed by atoms with E-state index < -0.39 is 17.3 Å². The SMILES string of the molecule is COc1ccccc1-c1csc(N(CCc2ccc(OC(C)(C)CO)cc2)Cc2ccc(C(F)(F)F)cc2)n1. The number of benzene rings is 3. The molecule has 5 nitrogen and oxygen atoms in total. The van der Waals surface area contributed by atoms with Crippen molar-refractivity contribution in [1.29, 1.82) is 0 Å². The van der Waals surface area contributed by atoms with Crippen LogP contribution in [0.25, 0.3) is 11.3 Å². The van der Waals surface area contributed by atoms with Crippen molar-refractivity contribution in [2.45, 2.75) is 38.6 Å². The van der Waals surface area contributed by atoms with Crippen LogP contribution in [0.5, 0.6) is 11.5 Å². The highest BCUT2D eigenvalue weighted by atomic mass is 32.1. The van der Waals surface area contributed by atoms with E-state index in [1.165, 1.54) is 23.5 Å². The summed E-state index contributed by atoms with van der Waals surface area (Å²) >= 11 is 1.48. The van der Waals surface area contributed by atoms with Crippen LogP contribution in [0.2, 0.25) is 0 Å². The molecule has 0 radical (unpaired) electrons. The Balaban J connectivity index is 1.55. The quantitative estimate of drug-likeness (QED) is 0.211. The Morgan fingerprint density at radius 3 is 2.23 bits per heavy atom. The number of ether oxygens (including phenoxy) is 2. The molecular formula is C30H31F3N2O3S. The molecule has 4 aromatic rings. The summed E-state index contributed by atoms with van der Waals surface area (Å²) in [5.74, 6) is 1.39. The van der Waals surface area contributed by atoms with E-state index in [9.17, 15) is 18.3 Å². The van der Waals surface area contributed by atoms with Crippen LogP contribution < -0.4 is 14.4 Å². The summed E-state index contributed by atoms with van der Waals surface area (Å²) in [4.78, 5) is 6.93. The zero-order chi connectivity index (χ0) is 28.0. The van der Waals surface area contributed by atoms with Gasteiger partial charge in [-0.15, -0.1) is 11.3 Å². The number of aliphatic hydroxyl groups excluding tert-OH is 1. The minimum absolute atomic E-state index is 0.0989. The van der Waals surface area contributed by atoms with Gasteiger partial charge in [0.15, 0.2) is 5.13 Å². The molecule has 4 rings (SSSR count). The van der Waals surface area contributed by atoms with E-state index in [1.807, 2.05) is 67.8 Å². The first kappa shape index (κ1) is 28.4. The van der Waals surface area contributed by atoms with Gasteiger partial charge in [0.05, 0.1) is 25.0 Å². The van der Waals surface area contributed by atoms with Crippen LogP contribution >= 0.6 is 11.3 Å².